The Bertz CT molecular complexity index is 250. The summed E-state index contributed by atoms with van der Waals surface area (Å²) >= 11 is 0. The highest BCUT2D eigenvalue weighted by molar-refractivity contribution is 7.90. The molecule has 0 aromatic rings. The van der Waals surface area contributed by atoms with E-state index >= 15 is 0 Å². The van der Waals surface area contributed by atoms with Crippen molar-refractivity contribution in [3.05, 3.63) is 0 Å². The lowest BCUT2D eigenvalue weighted by Gasteiger charge is -2.08. The van der Waals surface area contributed by atoms with Crippen LogP contribution in [-0.4, -0.2) is 32.2 Å². The summed E-state index contributed by atoms with van der Waals surface area (Å²) < 4.78 is 57.4. The smallest absolute Gasteiger partial charge is 0.396 e. The van der Waals surface area contributed by atoms with Gasteiger partial charge in [-0.3, -0.25) is 0 Å². The highest BCUT2D eigenvalue weighted by atomic mass is 32.2. The van der Waals surface area contributed by atoms with Crippen molar-refractivity contribution < 1.29 is 26.7 Å². The number of halogens is 3. The second-order valence-electron chi connectivity index (χ2n) is 2.63. The predicted molar refractivity (Wildman–Crippen MR) is 43.9 cm³/mol. The maximum absolute atomic E-state index is 11.7. The molecule has 0 aliphatic rings. The van der Waals surface area contributed by atoms with Gasteiger partial charge in [0.2, 0.25) is 0 Å². The molecule has 86 valence electrons. The van der Waals surface area contributed by atoms with Crippen LogP contribution in [0.3, 0.4) is 0 Å². The van der Waals surface area contributed by atoms with E-state index in [1.165, 1.54) is 4.72 Å². The Kier molecular flexibility index (Phi) is 5.38. The van der Waals surface area contributed by atoms with Gasteiger partial charge in [-0.25, -0.2) is 13.1 Å². The first-order valence-corrected chi connectivity index (χ1v) is 5.46. The summed E-state index contributed by atoms with van der Waals surface area (Å²) in [6.45, 7) is -0.312. The van der Waals surface area contributed by atoms with Crippen molar-refractivity contribution in [1.82, 2.24) is 4.72 Å². The molecule has 0 saturated heterocycles. The molecule has 0 radical (unpaired) electrons. The number of sulfonamides is 1. The second-order valence-corrected chi connectivity index (χ2v) is 4.39. The fraction of sp³-hybridized carbons (Fsp3) is 1.00. The van der Waals surface area contributed by atoms with Gasteiger partial charge >= 0.3 is 15.5 Å². The van der Waals surface area contributed by atoms with Crippen LogP contribution in [0.15, 0.2) is 0 Å². The summed E-state index contributed by atoms with van der Waals surface area (Å²) in [7, 11) is -5.20. The van der Waals surface area contributed by atoms with E-state index in [1.54, 1.807) is 0 Å². The van der Waals surface area contributed by atoms with E-state index in [4.69, 9.17) is 5.11 Å². The number of alkyl halides is 3. The van der Waals surface area contributed by atoms with Gasteiger partial charge in [-0.05, 0) is 19.3 Å². The van der Waals surface area contributed by atoms with Crippen LogP contribution in [0, 0.1) is 0 Å². The van der Waals surface area contributed by atoms with Gasteiger partial charge in [0.1, 0.15) is 0 Å². The highest BCUT2D eigenvalue weighted by Crippen LogP contribution is 2.21. The molecular formula is C6H12F3NO3S. The topological polar surface area (TPSA) is 66.4 Å². The molecular weight excluding hydrogens is 223 g/mol. The Morgan fingerprint density at radius 1 is 1.14 bits per heavy atom. The van der Waals surface area contributed by atoms with Crippen LogP contribution in [0.2, 0.25) is 0 Å². The quantitative estimate of drug-likeness (QED) is 0.662. The Balaban J connectivity index is 3.80. The number of hydrogen-bond acceptors (Lipinski definition) is 3. The molecule has 2 N–H and O–H groups in total. The highest BCUT2D eigenvalue weighted by Gasteiger charge is 2.45. The third kappa shape index (κ3) is 4.77. The van der Waals surface area contributed by atoms with E-state index in [0.717, 1.165) is 0 Å². The Labute approximate surface area is 80.2 Å². The van der Waals surface area contributed by atoms with Crippen molar-refractivity contribution in [3.8, 4) is 0 Å². The van der Waals surface area contributed by atoms with Crippen LogP contribution >= 0.6 is 0 Å². The monoisotopic (exact) mass is 235 g/mol. The van der Waals surface area contributed by atoms with Crippen molar-refractivity contribution in [3.63, 3.8) is 0 Å². The molecule has 0 bridgehead atoms. The summed E-state index contributed by atoms with van der Waals surface area (Å²) in [6.07, 6.45) is 1.21. The first-order chi connectivity index (χ1) is 6.31. The molecule has 0 aliphatic heterocycles. The van der Waals surface area contributed by atoms with E-state index in [-0.39, 0.29) is 19.6 Å². The minimum absolute atomic E-state index is 0.0496. The van der Waals surface area contributed by atoms with Gasteiger partial charge in [0.15, 0.2) is 0 Å². The maximum Gasteiger partial charge on any atom is 0.511 e. The summed E-state index contributed by atoms with van der Waals surface area (Å²) in [5.74, 6) is 0. The van der Waals surface area contributed by atoms with E-state index in [0.29, 0.717) is 12.8 Å². The molecule has 14 heavy (non-hydrogen) atoms. The van der Waals surface area contributed by atoms with Crippen molar-refractivity contribution in [2.45, 2.75) is 24.8 Å². The standard InChI is InChI=1S/C6H12F3NO3S/c7-6(8,9)14(12,13)10-4-2-1-3-5-11/h10-11H,1-5H2. The predicted octanol–water partition coefficient (Wildman–Crippen LogP) is 0.588. The van der Waals surface area contributed by atoms with Crippen LogP contribution in [0.25, 0.3) is 0 Å². The van der Waals surface area contributed by atoms with Crippen molar-refractivity contribution in [1.29, 1.82) is 0 Å². The zero-order chi connectivity index (χ0) is 11.2. The molecule has 0 spiro atoms. The largest absolute Gasteiger partial charge is 0.511 e. The third-order valence-corrected chi connectivity index (χ3v) is 2.63. The van der Waals surface area contributed by atoms with Gasteiger partial charge in [-0.1, -0.05) is 0 Å². The van der Waals surface area contributed by atoms with Crippen LogP contribution in [0.4, 0.5) is 13.2 Å². The normalized spacial score (nSPS) is 13.1. The minimum Gasteiger partial charge on any atom is -0.396 e. The van der Waals surface area contributed by atoms with Crippen molar-refractivity contribution in [2.75, 3.05) is 13.2 Å². The first-order valence-electron chi connectivity index (χ1n) is 3.98. The van der Waals surface area contributed by atoms with Gasteiger partial charge < -0.3 is 5.11 Å². The first kappa shape index (κ1) is 13.7. The summed E-state index contributed by atoms with van der Waals surface area (Å²) in [6, 6.07) is 0. The van der Waals surface area contributed by atoms with Crippen LogP contribution in [0.1, 0.15) is 19.3 Å². The SMILES string of the molecule is O=S(=O)(NCCCCCO)C(F)(F)F. The van der Waals surface area contributed by atoms with Crippen LogP contribution < -0.4 is 4.72 Å². The van der Waals surface area contributed by atoms with E-state index in [1.807, 2.05) is 0 Å². The zero-order valence-electron chi connectivity index (χ0n) is 7.34. The van der Waals surface area contributed by atoms with E-state index in [9.17, 15) is 21.6 Å². The molecule has 0 saturated carbocycles. The average Bonchev–Trinajstić information content (AvgIpc) is 2.02. The number of aliphatic hydroxyl groups excluding tert-OH is 1. The minimum atomic E-state index is -5.25. The lowest BCUT2D eigenvalue weighted by molar-refractivity contribution is -0.0447. The lowest BCUT2D eigenvalue weighted by Crippen LogP contribution is -2.36. The molecule has 8 heteroatoms. The molecule has 0 aromatic heterocycles. The third-order valence-electron chi connectivity index (χ3n) is 1.43. The maximum atomic E-state index is 11.7. The number of nitrogens with one attached hydrogen (secondary N) is 1. The number of unbranched alkanes of at least 4 members (excludes halogenated alkanes) is 2. The molecule has 0 aromatic carbocycles. The molecule has 0 heterocycles. The van der Waals surface area contributed by atoms with Gasteiger partial charge in [-0.2, -0.15) is 13.2 Å². The summed E-state index contributed by atoms with van der Waals surface area (Å²) in [5, 5.41) is 8.34. The van der Waals surface area contributed by atoms with E-state index in [2.05, 4.69) is 0 Å². The molecule has 0 rings (SSSR count). The van der Waals surface area contributed by atoms with Crippen LogP contribution in [-0.2, 0) is 10.0 Å². The van der Waals surface area contributed by atoms with Crippen LogP contribution in [0.5, 0.6) is 0 Å². The molecule has 0 aliphatic carbocycles. The molecule has 0 amide bonds. The Hall–Kier alpha value is -0.340. The van der Waals surface area contributed by atoms with Gasteiger partial charge in [0, 0.05) is 13.2 Å². The number of rotatable bonds is 6. The second kappa shape index (κ2) is 5.52. The van der Waals surface area contributed by atoms with Gasteiger partial charge in [0.25, 0.3) is 0 Å². The van der Waals surface area contributed by atoms with E-state index < -0.39 is 15.5 Å². The summed E-state index contributed by atoms with van der Waals surface area (Å²) in [4.78, 5) is 0. The number of hydrogen-bond donors (Lipinski definition) is 2. The lowest BCUT2D eigenvalue weighted by atomic mass is 10.2. The Morgan fingerprint density at radius 2 is 1.71 bits per heavy atom. The number of aliphatic hydroxyl groups is 1. The summed E-state index contributed by atoms with van der Waals surface area (Å²) in [5.41, 5.74) is -5.25. The van der Waals surface area contributed by atoms with Crippen molar-refractivity contribution >= 4 is 10.0 Å². The fourth-order valence-corrected chi connectivity index (χ4v) is 1.28. The average molecular weight is 235 g/mol. The van der Waals surface area contributed by atoms with Gasteiger partial charge in [-0.15, -0.1) is 0 Å². The van der Waals surface area contributed by atoms with Crippen molar-refractivity contribution in [2.24, 2.45) is 0 Å². The zero-order valence-corrected chi connectivity index (χ0v) is 8.16. The molecule has 0 unspecified atom stereocenters. The van der Waals surface area contributed by atoms with Gasteiger partial charge in [0.05, 0.1) is 0 Å². The fourth-order valence-electron chi connectivity index (χ4n) is 0.702. The molecule has 0 atom stereocenters. The Morgan fingerprint density at radius 3 is 2.14 bits per heavy atom. The molecule has 4 nitrogen and oxygen atoms in total. The molecule has 0 fully saturated rings.